The lowest BCUT2D eigenvalue weighted by Gasteiger charge is -2.17. The van der Waals surface area contributed by atoms with Crippen LogP contribution in [0.25, 0.3) is 0 Å². The lowest BCUT2D eigenvalue weighted by atomic mass is 10.0. The first-order valence-corrected chi connectivity index (χ1v) is 8.57. The van der Waals surface area contributed by atoms with Gasteiger partial charge in [0, 0.05) is 12.4 Å². The van der Waals surface area contributed by atoms with Crippen LogP contribution in [0.5, 0.6) is 11.5 Å². The van der Waals surface area contributed by atoms with Gasteiger partial charge in [-0.15, -0.1) is 0 Å². The monoisotopic (exact) mass is 311 g/mol. The Hall–Kier alpha value is -2.03. The third-order valence-electron chi connectivity index (χ3n) is 4.50. The Labute approximate surface area is 138 Å². The van der Waals surface area contributed by atoms with E-state index in [1.165, 1.54) is 24.0 Å². The molecule has 1 aliphatic carbocycles. The average molecular weight is 311 g/mol. The van der Waals surface area contributed by atoms with Crippen LogP contribution in [0.4, 0.5) is 0 Å². The lowest BCUT2D eigenvalue weighted by molar-refractivity contribution is 0.200. The van der Waals surface area contributed by atoms with E-state index in [0.717, 1.165) is 43.6 Å². The topological polar surface area (TPSA) is 31.4 Å². The molecule has 0 bridgehead atoms. The number of benzene rings is 1. The molecule has 0 aliphatic heterocycles. The van der Waals surface area contributed by atoms with Crippen molar-refractivity contribution in [3.05, 3.63) is 53.9 Å². The lowest BCUT2D eigenvalue weighted by Crippen LogP contribution is -2.11. The highest BCUT2D eigenvalue weighted by Gasteiger charge is 2.18. The summed E-state index contributed by atoms with van der Waals surface area (Å²) >= 11 is 0. The Kier molecular flexibility index (Phi) is 5.51. The van der Waals surface area contributed by atoms with Gasteiger partial charge in [0.15, 0.2) is 11.5 Å². The molecule has 0 radical (unpaired) electrons. The Morgan fingerprint density at radius 1 is 0.957 bits per heavy atom. The Morgan fingerprint density at radius 3 is 2.43 bits per heavy atom. The van der Waals surface area contributed by atoms with Gasteiger partial charge in [0.25, 0.3) is 0 Å². The number of rotatable bonds is 7. The molecule has 3 rings (SSSR count). The molecular formula is C20H25NO2. The maximum absolute atomic E-state index is 6.17. The summed E-state index contributed by atoms with van der Waals surface area (Å²) in [5.41, 5.74) is 2.66. The van der Waals surface area contributed by atoms with Crippen molar-refractivity contribution in [3.63, 3.8) is 0 Å². The standard InChI is InChI=1S/C20H25NO2/c1-22-19-10-9-17(6-4-5-16-11-13-21-14-12-16)15-20(19)23-18-7-2-3-8-18/h9-15,18H,2-8H2,1H3. The van der Waals surface area contributed by atoms with E-state index < -0.39 is 0 Å². The number of methoxy groups -OCH3 is 1. The highest BCUT2D eigenvalue weighted by Crippen LogP contribution is 2.32. The molecule has 3 nitrogen and oxygen atoms in total. The first kappa shape index (κ1) is 15.9. The summed E-state index contributed by atoms with van der Waals surface area (Å²) in [4.78, 5) is 4.06. The molecule has 0 atom stereocenters. The molecule has 1 aromatic carbocycles. The predicted octanol–water partition coefficient (Wildman–Crippen LogP) is 4.59. The molecule has 0 N–H and O–H groups in total. The zero-order valence-electron chi connectivity index (χ0n) is 13.8. The van der Waals surface area contributed by atoms with Gasteiger partial charge >= 0.3 is 0 Å². The summed E-state index contributed by atoms with van der Waals surface area (Å²) in [5, 5.41) is 0. The third-order valence-corrected chi connectivity index (χ3v) is 4.50. The van der Waals surface area contributed by atoms with E-state index in [4.69, 9.17) is 9.47 Å². The first-order chi connectivity index (χ1) is 11.3. The van der Waals surface area contributed by atoms with Crippen LogP contribution in [0, 0.1) is 0 Å². The second-order valence-electron chi connectivity index (χ2n) is 6.22. The van der Waals surface area contributed by atoms with Crippen LogP contribution in [0.15, 0.2) is 42.7 Å². The van der Waals surface area contributed by atoms with Gasteiger partial charge in [-0.3, -0.25) is 4.98 Å². The van der Waals surface area contributed by atoms with E-state index >= 15 is 0 Å². The molecule has 1 aliphatic rings. The average Bonchev–Trinajstić information content (AvgIpc) is 3.09. The molecule has 2 aromatic rings. The fraction of sp³-hybridized carbons (Fsp3) is 0.450. The van der Waals surface area contributed by atoms with E-state index in [-0.39, 0.29) is 0 Å². The molecule has 1 heterocycles. The van der Waals surface area contributed by atoms with Crippen LogP contribution in [0.2, 0.25) is 0 Å². The van der Waals surface area contributed by atoms with Crippen molar-refractivity contribution in [2.45, 2.75) is 51.0 Å². The highest BCUT2D eigenvalue weighted by atomic mass is 16.5. The summed E-state index contributed by atoms with van der Waals surface area (Å²) in [6.45, 7) is 0. The molecule has 0 unspecified atom stereocenters. The Bertz CT molecular complexity index is 606. The van der Waals surface area contributed by atoms with Gasteiger partial charge in [-0.1, -0.05) is 6.07 Å². The number of aryl methyl sites for hydroxylation is 2. The zero-order valence-corrected chi connectivity index (χ0v) is 13.8. The van der Waals surface area contributed by atoms with E-state index in [9.17, 15) is 0 Å². The summed E-state index contributed by atoms with van der Waals surface area (Å²) in [6, 6.07) is 10.5. The second-order valence-corrected chi connectivity index (χ2v) is 6.22. The summed E-state index contributed by atoms with van der Waals surface area (Å²) in [5.74, 6) is 1.75. The Morgan fingerprint density at radius 2 is 1.70 bits per heavy atom. The number of ether oxygens (including phenoxy) is 2. The van der Waals surface area contributed by atoms with E-state index in [2.05, 4.69) is 29.2 Å². The number of hydrogen-bond donors (Lipinski definition) is 0. The van der Waals surface area contributed by atoms with E-state index in [1.54, 1.807) is 7.11 Å². The molecule has 3 heteroatoms. The largest absolute Gasteiger partial charge is 0.493 e. The zero-order chi connectivity index (χ0) is 15.9. The third kappa shape index (κ3) is 4.47. The van der Waals surface area contributed by atoms with Crippen molar-refractivity contribution in [1.29, 1.82) is 0 Å². The summed E-state index contributed by atoms with van der Waals surface area (Å²) < 4.78 is 11.6. The van der Waals surface area contributed by atoms with Crippen molar-refractivity contribution in [2.24, 2.45) is 0 Å². The van der Waals surface area contributed by atoms with Gasteiger partial charge in [-0.05, 0) is 80.3 Å². The molecule has 1 fully saturated rings. The highest BCUT2D eigenvalue weighted by molar-refractivity contribution is 5.43. The number of aromatic nitrogens is 1. The summed E-state index contributed by atoms with van der Waals surface area (Å²) in [6.07, 6.45) is 12.2. The van der Waals surface area contributed by atoms with Crippen molar-refractivity contribution >= 4 is 0 Å². The van der Waals surface area contributed by atoms with Crippen molar-refractivity contribution < 1.29 is 9.47 Å². The van der Waals surface area contributed by atoms with Gasteiger partial charge < -0.3 is 9.47 Å². The first-order valence-electron chi connectivity index (χ1n) is 8.57. The maximum Gasteiger partial charge on any atom is 0.161 e. The van der Waals surface area contributed by atoms with Crippen LogP contribution < -0.4 is 9.47 Å². The van der Waals surface area contributed by atoms with Crippen LogP contribution in [0.3, 0.4) is 0 Å². The fourth-order valence-electron chi connectivity index (χ4n) is 3.20. The number of hydrogen-bond acceptors (Lipinski definition) is 3. The fourth-order valence-corrected chi connectivity index (χ4v) is 3.20. The molecule has 0 spiro atoms. The van der Waals surface area contributed by atoms with Crippen LogP contribution in [0.1, 0.15) is 43.2 Å². The van der Waals surface area contributed by atoms with Crippen LogP contribution >= 0.6 is 0 Å². The van der Waals surface area contributed by atoms with E-state index in [0.29, 0.717) is 6.10 Å². The minimum Gasteiger partial charge on any atom is -0.493 e. The molecule has 0 amide bonds. The van der Waals surface area contributed by atoms with Gasteiger partial charge in [0.05, 0.1) is 13.2 Å². The van der Waals surface area contributed by atoms with Crippen molar-refractivity contribution in [2.75, 3.05) is 7.11 Å². The Balaban J connectivity index is 1.60. The molecule has 1 aromatic heterocycles. The minimum atomic E-state index is 0.357. The van der Waals surface area contributed by atoms with Gasteiger partial charge in [-0.2, -0.15) is 0 Å². The summed E-state index contributed by atoms with van der Waals surface area (Å²) in [7, 11) is 1.71. The van der Waals surface area contributed by atoms with Crippen LogP contribution in [-0.4, -0.2) is 18.2 Å². The number of nitrogens with zero attached hydrogens (tertiary/aromatic N) is 1. The molecular weight excluding hydrogens is 286 g/mol. The van der Waals surface area contributed by atoms with E-state index in [1.807, 2.05) is 18.5 Å². The minimum absolute atomic E-state index is 0.357. The molecule has 1 saturated carbocycles. The van der Waals surface area contributed by atoms with Gasteiger partial charge in [0.2, 0.25) is 0 Å². The normalized spacial score (nSPS) is 14.8. The second kappa shape index (κ2) is 8.00. The SMILES string of the molecule is COc1ccc(CCCc2ccncc2)cc1OC1CCCC1. The quantitative estimate of drug-likeness (QED) is 0.749. The van der Waals surface area contributed by atoms with Crippen molar-refractivity contribution in [3.8, 4) is 11.5 Å². The maximum atomic E-state index is 6.17. The molecule has 122 valence electrons. The number of pyridine rings is 1. The predicted molar refractivity (Wildman–Crippen MR) is 92.1 cm³/mol. The molecule has 23 heavy (non-hydrogen) atoms. The van der Waals surface area contributed by atoms with Crippen LogP contribution in [-0.2, 0) is 12.8 Å². The van der Waals surface area contributed by atoms with Crippen molar-refractivity contribution in [1.82, 2.24) is 4.98 Å². The smallest absolute Gasteiger partial charge is 0.161 e. The molecule has 0 saturated heterocycles. The van der Waals surface area contributed by atoms with Gasteiger partial charge in [-0.25, -0.2) is 0 Å². The van der Waals surface area contributed by atoms with Gasteiger partial charge in [0.1, 0.15) is 0 Å².